The van der Waals surface area contributed by atoms with E-state index in [2.05, 4.69) is 27.2 Å². The molecule has 0 atom stereocenters. The molecule has 0 aromatic carbocycles. The van der Waals surface area contributed by atoms with Crippen molar-refractivity contribution < 1.29 is 9.74 Å². The lowest BCUT2D eigenvalue weighted by Gasteiger charge is -2.35. The fourth-order valence-corrected chi connectivity index (χ4v) is 2.62. The summed E-state index contributed by atoms with van der Waals surface area (Å²) in [6, 6.07) is 0. The standard InChI is InChI=1S/C13H23N3O2/c1-3-11-4-6-13(17,7-5-11)9-14-8-12-10(2)15-18-16-12/h11,14,17H,3-9H2,1-2H3. The van der Waals surface area contributed by atoms with Gasteiger partial charge >= 0.3 is 0 Å². The molecule has 1 aromatic heterocycles. The highest BCUT2D eigenvalue weighted by Crippen LogP contribution is 2.33. The summed E-state index contributed by atoms with van der Waals surface area (Å²) in [6.45, 7) is 5.33. The Morgan fingerprint density at radius 2 is 2.11 bits per heavy atom. The first-order valence-electron chi connectivity index (χ1n) is 6.84. The number of aryl methyl sites for hydroxylation is 1. The van der Waals surface area contributed by atoms with Crippen LogP contribution in [-0.2, 0) is 6.54 Å². The lowest BCUT2D eigenvalue weighted by molar-refractivity contribution is -0.00891. The molecule has 2 N–H and O–H groups in total. The zero-order valence-electron chi connectivity index (χ0n) is 11.3. The third kappa shape index (κ3) is 3.29. The molecule has 1 fully saturated rings. The predicted octanol–water partition coefficient (Wildman–Crippen LogP) is 1.80. The van der Waals surface area contributed by atoms with E-state index in [4.69, 9.17) is 0 Å². The van der Waals surface area contributed by atoms with E-state index in [-0.39, 0.29) is 0 Å². The molecule has 0 aliphatic heterocycles. The number of rotatable bonds is 5. The number of hydrogen-bond donors (Lipinski definition) is 2. The van der Waals surface area contributed by atoms with Crippen molar-refractivity contribution in [3.8, 4) is 0 Å². The molecule has 0 unspecified atom stereocenters. The van der Waals surface area contributed by atoms with Crippen LogP contribution in [0, 0.1) is 12.8 Å². The van der Waals surface area contributed by atoms with Crippen LogP contribution in [-0.4, -0.2) is 27.6 Å². The van der Waals surface area contributed by atoms with Crippen molar-refractivity contribution in [3.05, 3.63) is 11.4 Å². The van der Waals surface area contributed by atoms with Gasteiger partial charge in [0.05, 0.1) is 5.60 Å². The minimum atomic E-state index is -0.545. The van der Waals surface area contributed by atoms with Gasteiger partial charge in [0.1, 0.15) is 11.4 Å². The summed E-state index contributed by atoms with van der Waals surface area (Å²) in [5, 5.41) is 21.3. The topological polar surface area (TPSA) is 71.2 Å². The van der Waals surface area contributed by atoms with Gasteiger partial charge in [-0.25, -0.2) is 4.63 Å². The van der Waals surface area contributed by atoms with Gasteiger partial charge in [0.15, 0.2) is 0 Å². The SMILES string of the molecule is CCC1CCC(O)(CNCc2nonc2C)CC1. The predicted molar refractivity (Wildman–Crippen MR) is 67.9 cm³/mol. The Kier molecular flexibility index (Phi) is 4.35. The molecule has 0 amide bonds. The fourth-order valence-electron chi connectivity index (χ4n) is 2.62. The van der Waals surface area contributed by atoms with Gasteiger partial charge in [-0.2, -0.15) is 0 Å². The van der Waals surface area contributed by atoms with Crippen LogP contribution in [0.3, 0.4) is 0 Å². The van der Waals surface area contributed by atoms with Crippen molar-refractivity contribution >= 4 is 0 Å². The lowest BCUT2D eigenvalue weighted by Crippen LogP contribution is -2.43. The van der Waals surface area contributed by atoms with Crippen molar-refractivity contribution in [1.29, 1.82) is 0 Å². The Morgan fingerprint density at radius 1 is 1.39 bits per heavy atom. The molecule has 1 aromatic rings. The second-order valence-electron chi connectivity index (χ2n) is 5.48. The lowest BCUT2D eigenvalue weighted by atomic mass is 9.78. The first kappa shape index (κ1) is 13.5. The molecule has 5 nitrogen and oxygen atoms in total. The third-order valence-corrected chi connectivity index (χ3v) is 4.11. The van der Waals surface area contributed by atoms with Crippen LogP contribution in [0.1, 0.15) is 50.4 Å². The van der Waals surface area contributed by atoms with Crippen molar-refractivity contribution in [2.24, 2.45) is 5.92 Å². The molecule has 0 spiro atoms. The highest BCUT2D eigenvalue weighted by atomic mass is 16.6. The molecule has 0 bridgehead atoms. The van der Waals surface area contributed by atoms with Gasteiger partial charge in [0, 0.05) is 13.1 Å². The van der Waals surface area contributed by atoms with Crippen molar-refractivity contribution in [3.63, 3.8) is 0 Å². The number of aliphatic hydroxyl groups is 1. The highest BCUT2D eigenvalue weighted by Gasteiger charge is 2.32. The molecular weight excluding hydrogens is 230 g/mol. The van der Waals surface area contributed by atoms with Gasteiger partial charge in [-0.1, -0.05) is 23.7 Å². The van der Waals surface area contributed by atoms with E-state index in [1.165, 1.54) is 6.42 Å². The Hall–Kier alpha value is -0.940. The molecule has 1 saturated carbocycles. The Bertz CT molecular complexity index is 370. The maximum atomic E-state index is 10.5. The largest absolute Gasteiger partial charge is 0.389 e. The van der Waals surface area contributed by atoms with Gasteiger partial charge in [0.2, 0.25) is 0 Å². The number of nitrogens with zero attached hydrogens (tertiary/aromatic N) is 2. The summed E-state index contributed by atoms with van der Waals surface area (Å²) in [6.07, 6.45) is 5.30. The Labute approximate surface area is 108 Å². The molecule has 1 heterocycles. The van der Waals surface area contributed by atoms with Crippen LogP contribution in [0.15, 0.2) is 4.63 Å². The van der Waals surface area contributed by atoms with Crippen LogP contribution in [0.25, 0.3) is 0 Å². The second kappa shape index (κ2) is 5.80. The van der Waals surface area contributed by atoms with Crippen LogP contribution in [0.5, 0.6) is 0 Å². The fraction of sp³-hybridized carbons (Fsp3) is 0.846. The quantitative estimate of drug-likeness (QED) is 0.837. The first-order valence-corrected chi connectivity index (χ1v) is 6.84. The maximum absolute atomic E-state index is 10.5. The van der Waals surface area contributed by atoms with E-state index >= 15 is 0 Å². The van der Waals surface area contributed by atoms with Crippen LogP contribution in [0.2, 0.25) is 0 Å². The van der Waals surface area contributed by atoms with Gasteiger partial charge in [0.25, 0.3) is 0 Å². The van der Waals surface area contributed by atoms with Gasteiger partial charge < -0.3 is 10.4 Å². The molecule has 2 rings (SSSR count). The number of aromatic nitrogens is 2. The number of nitrogens with one attached hydrogen (secondary N) is 1. The maximum Gasteiger partial charge on any atom is 0.121 e. The van der Waals surface area contributed by atoms with Gasteiger partial charge in [-0.3, -0.25) is 0 Å². The molecule has 5 heteroatoms. The van der Waals surface area contributed by atoms with Gasteiger partial charge in [-0.15, -0.1) is 0 Å². The highest BCUT2D eigenvalue weighted by molar-refractivity contribution is 5.04. The van der Waals surface area contributed by atoms with Crippen molar-refractivity contribution in [1.82, 2.24) is 15.6 Å². The van der Waals surface area contributed by atoms with Crippen LogP contribution in [0.4, 0.5) is 0 Å². The van der Waals surface area contributed by atoms with E-state index in [9.17, 15) is 5.11 Å². The molecule has 1 aliphatic rings. The average Bonchev–Trinajstić information content (AvgIpc) is 2.76. The van der Waals surface area contributed by atoms with Crippen LogP contribution >= 0.6 is 0 Å². The van der Waals surface area contributed by atoms with E-state index < -0.39 is 5.60 Å². The van der Waals surface area contributed by atoms with E-state index in [1.807, 2.05) is 6.92 Å². The minimum absolute atomic E-state index is 0.545. The minimum Gasteiger partial charge on any atom is -0.389 e. The smallest absolute Gasteiger partial charge is 0.121 e. The van der Waals surface area contributed by atoms with Gasteiger partial charge in [-0.05, 0) is 38.5 Å². The summed E-state index contributed by atoms with van der Waals surface area (Å²) < 4.78 is 4.64. The summed E-state index contributed by atoms with van der Waals surface area (Å²) in [5.74, 6) is 0.798. The Morgan fingerprint density at radius 3 is 2.67 bits per heavy atom. The number of hydrogen-bond acceptors (Lipinski definition) is 5. The van der Waals surface area contributed by atoms with E-state index in [1.54, 1.807) is 0 Å². The van der Waals surface area contributed by atoms with E-state index in [0.717, 1.165) is 43.0 Å². The zero-order chi connectivity index (χ0) is 13.0. The summed E-state index contributed by atoms with van der Waals surface area (Å²) in [5.41, 5.74) is 1.08. The molecule has 0 radical (unpaired) electrons. The van der Waals surface area contributed by atoms with Crippen molar-refractivity contribution in [2.75, 3.05) is 6.54 Å². The Balaban J connectivity index is 1.75. The molecular formula is C13H23N3O2. The monoisotopic (exact) mass is 253 g/mol. The first-order chi connectivity index (χ1) is 8.63. The third-order valence-electron chi connectivity index (χ3n) is 4.11. The zero-order valence-corrected chi connectivity index (χ0v) is 11.3. The van der Waals surface area contributed by atoms with E-state index in [0.29, 0.717) is 13.1 Å². The van der Waals surface area contributed by atoms with Crippen LogP contribution < -0.4 is 5.32 Å². The van der Waals surface area contributed by atoms with Crippen molar-refractivity contribution in [2.45, 2.75) is 58.1 Å². The summed E-state index contributed by atoms with van der Waals surface area (Å²) in [7, 11) is 0. The second-order valence-corrected chi connectivity index (χ2v) is 5.48. The normalized spacial score (nSPS) is 28.5. The summed E-state index contributed by atoms with van der Waals surface area (Å²) >= 11 is 0. The molecule has 102 valence electrons. The average molecular weight is 253 g/mol. The molecule has 18 heavy (non-hydrogen) atoms. The molecule has 1 aliphatic carbocycles. The molecule has 0 saturated heterocycles. The summed E-state index contributed by atoms with van der Waals surface area (Å²) in [4.78, 5) is 0.